The molecular formula is C15H24N4O2. The molecule has 0 bridgehead atoms. The highest BCUT2D eigenvalue weighted by Crippen LogP contribution is 2.23. The Bertz CT molecular complexity index is 467. The average Bonchev–Trinajstić information content (AvgIpc) is 2.52. The third-order valence-corrected chi connectivity index (χ3v) is 3.80. The van der Waals surface area contributed by atoms with Crippen molar-refractivity contribution in [1.82, 2.24) is 10.3 Å². The predicted octanol–water partition coefficient (Wildman–Crippen LogP) is 0.633. The summed E-state index contributed by atoms with van der Waals surface area (Å²) >= 11 is 0. The van der Waals surface area contributed by atoms with Crippen LogP contribution < -0.4 is 16.0 Å². The van der Waals surface area contributed by atoms with Crippen molar-refractivity contribution in [3.8, 4) is 0 Å². The van der Waals surface area contributed by atoms with Crippen molar-refractivity contribution < 1.29 is 9.53 Å². The van der Waals surface area contributed by atoms with E-state index in [1.54, 1.807) is 19.4 Å². The summed E-state index contributed by atoms with van der Waals surface area (Å²) in [5, 5.41) is 3.42. The minimum atomic E-state index is -0.480. The minimum Gasteiger partial charge on any atom is -0.383 e. The molecule has 3 N–H and O–H groups in total. The molecule has 21 heavy (non-hydrogen) atoms. The number of piperidine rings is 1. The number of primary amides is 1. The van der Waals surface area contributed by atoms with E-state index in [2.05, 4.69) is 15.2 Å². The molecule has 6 heteroatoms. The van der Waals surface area contributed by atoms with E-state index in [9.17, 15) is 4.79 Å². The van der Waals surface area contributed by atoms with E-state index >= 15 is 0 Å². The topological polar surface area (TPSA) is 80.5 Å². The van der Waals surface area contributed by atoms with Gasteiger partial charge in [0.25, 0.3) is 5.91 Å². The van der Waals surface area contributed by atoms with Gasteiger partial charge in [-0.2, -0.15) is 0 Å². The Morgan fingerprint density at radius 1 is 1.62 bits per heavy atom. The molecule has 1 aromatic heterocycles. The quantitative estimate of drug-likeness (QED) is 0.721. The molecule has 1 aliphatic heterocycles. The third-order valence-electron chi connectivity index (χ3n) is 3.80. The first-order chi connectivity index (χ1) is 10.2. The van der Waals surface area contributed by atoms with Gasteiger partial charge in [0.2, 0.25) is 0 Å². The number of nitrogens with two attached hydrogens (primary N) is 1. The van der Waals surface area contributed by atoms with Gasteiger partial charge in [-0.3, -0.25) is 9.78 Å². The van der Waals surface area contributed by atoms with Crippen LogP contribution in [0.5, 0.6) is 0 Å². The molecule has 1 atom stereocenters. The number of rotatable bonds is 7. The zero-order chi connectivity index (χ0) is 15.1. The molecular weight excluding hydrogens is 268 g/mol. The average molecular weight is 292 g/mol. The van der Waals surface area contributed by atoms with E-state index < -0.39 is 5.91 Å². The van der Waals surface area contributed by atoms with E-state index in [0.29, 0.717) is 11.6 Å². The normalized spacial score (nSPS) is 18.7. The van der Waals surface area contributed by atoms with Gasteiger partial charge < -0.3 is 20.7 Å². The first kappa shape index (κ1) is 15.7. The van der Waals surface area contributed by atoms with E-state index in [-0.39, 0.29) is 0 Å². The van der Waals surface area contributed by atoms with Gasteiger partial charge in [0.05, 0.1) is 6.61 Å². The molecule has 2 heterocycles. The fraction of sp³-hybridized carbons (Fsp3) is 0.600. The third kappa shape index (κ3) is 4.68. The lowest BCUT2D eigenvalue weighted by molar-refractivity contribution is 0.0995. The second-order valence-corrected chi connectivity index (χ2v) is 5.41. The van der Waals surface area contributed by atoms with E-state index in [0.717, 1.165) is 44.9 Å². The highest BCUT2D eigenvalue weighted by atomic mass is 16.5. The number of aromatic nitrogens is 1. The first-order valence-corrected chi connectivity index (χ1v) is 7.41. The maximum Gasteiger partial charge on any atom is 0.267 e. The van der Waals surface area contributed by atoms with E-state index in [4.69, 9.17) is 10.5 Å². The Kier molecular flexibility index (Phi) is 5.95. The summed E-state index contributed by atoms with van der Waals surface area (Å²) in [6.07, 6.45) is 4.03. The van der Waals surface area contributed by atoms with Gasteiger partial charge >= 0.3 is 0 Å². The van der Waals surface area contributed by atoms with Gasteiger partial charge in [0.1, 0.15) is 5.69 Å². The number of methoxy groups -OCH3 is 1. The summed E-state index contributed by atoms with van der Waals surface area (Å²) < 4.78 is 5.03. The fourth-order valence-electron chi connectivity index (χ4n) is 2.70. The first-order valence-electron chi connectivity index (χ1n) is 7.41. The van der Waals surface area contributed by atoms with Crippen LogP contribution in [0.1, 0.15) is 23.3 Å². The molecule has 0 saturated carbocycles. The van der Waals surface area contributed by atoms with Crippen LogP contribution in [0.15, 0.2) is 18.3 Å². The lowest BCUT2D eigenvalue weighted by Crippen LogP contribution is -2.40. The molecule has 0 aliphatic carbocycles. The Balaban J connectivity index is 1.91. The molecule has 1 unspecified atom stereocenters. The van der Waals surface area contributed by atoms with Crippen LogP contribution in [-0.4, -0.2) is 50.8 Å². The number of carbonyl (C=O) groups excluding carboxylic acids is 1. The maximum atomic E-state index is 11.2. The number of nitrogens with one attached hydrogen (secondary N) is 1. The standard InChI is InChI=1S/C15H24N4O2/c1-21-8-6-17-10-12-3-2-7-19(11-12)13-4-5-18-14(9-13)15(16)20/h4-5,9,12,17H,2-3,6-8,10-11H2,1H3,(H2,16,20). The van der Waals surface area contributed by atoms with Crippen LogP contribution in [0.2, 0.25) is 0 Å². The Morgan fingerprint density at radius 3 is 3.24 bits per heavy atom. The summed E-state index contributed by atoms with van der Waals surface area (Å²) in [7, 11) is 1.71. The number of nitrogens with zero attached hydrogens (tertiary/aromatic N) is 2. The number of amides is 1. The van der Waals surface area contributed by atoms with Crippen molar-refractivity contribution in [2.75, 3.05) is 44.8 Å². The van der Waals surface area contributed by atoms with Crippen LogP contribution >= 0.6 is 0 Å². The molecule has 116 valence electrons. The second-order valence-electron chi connectivity index (χ2n) is 5.41. The summed E-state index contributed by atoms with van der Waals surface area (Å²) in [5.41, 5.74) is 6.65. The van der Waals surface area contributed by atoms with Gasteiger partial charge in [-0.05, 0) is 37.4 Å². The lowest BCUT2D eigenvalue weighted by atomic mass is 9.97. The molecule has 1 aromatic rings. The fourth-order valence-corrected chi connectivity index (χ4v) is 2.70. The SMILES string of the molecule is COCCNCC1CCCN(c2ccnc(C(N)=O)c2)C1. The highest BCUT2D eigenvalue weighted by molar-refractivity contribution is 5.91. The summed E-state index contributed by atoms with van der Waals surface area (Å²) in [6.45, 7) is 4.61. The maximum absolute atomic E-state index is 11.2. The van der Waals surface area contributed by atoms with Gasteiger partial charge in [-0.25, -0.2) is 0 Å². The number of carbonyl (C=O) groups is 1. The van der Waals surface area contributed by atoms with Crippen molar-refractivity contribution in [2.24, 2.45) is 11.7 Å². The van der Waals surface area contributed by atoms with Gasteiger partial charge in [0.15, 0.2) is 0 Å². The Hall–Kier alpha value is -1.66. The summed E-state index contributed by atoms with van der Waals surface area (Å²) in [4.78, 5) is 17.5. The molecule has 0 aromatic carbocycles. The molecule has 1 aliphatic rings. The molecule has 1 saturated heterocycles. The van der Waals surface area contributed by atoms with Gasteiger partial charge in [-0.1, -0.05) is 0 Å². The Labute approximate surface area is 125 Å². The number of anilines is 1. The Morgan fingerprint density at radius 2 is 2.48 bits per heavy atom. The van der Waals surface area contributed by atoms with E-state index in [1.807, 2.05) is 6.07 Å². The van der Waals surface area contributed by atoms with Gasteiger partial charge in [-0.15, -0.1) is 0 Å². The number of pyridine rings is 1. The largest absolute Gasteiger partial charge is 0.383 e. The molecule has 0 radical (unpaired) electrons. The smallest absolute Gasteiger partial charge is 0.267 e. The molecule has 2 rings (SSSR count). The number of ether oxygens (including phenoxy) is 1. The van der Waals surface area contributed by atoms with Gasteiger partial charge in [0, 0.05) is 38.6 Å². The predicted molar refractivity (Wildman–Crippen MR) is 82.4 cm³/mol. The summed E-state index contributed by atoms with van der Waals surface area (Å²) in [6, 6.07) is 3.72. The minimum absolute atomic E-state index is 0.327. The van der Waals surface area contributed by atoms with Crippen LogP contribution in [0, 0.1) is 5.92 Å². The van der Waals surface area contributed by atoms with Crippen LogP contribution in [0.4, 0.5) is 5.69 Å². The molecule has 1 amide bonds. The number of hydrogen-bond donors (Lipinski definition) is 2. The number of hydrogen-bond acceptors (Lipinski definition) is 5. The van der Waals surface area contributed by atoms with Crippen molar-refractivity contribution >= 4 is 11.6 Å². The van der Waals surface area contributed by atoms with Crippen molar-refractivity contribution in [1.29, 1.82) is 0 Å². The molecule has 6 nitrogen and oxygen atoms in total. The van der Waals surface area contributed by atoms with Crippen molar-refractivity contribution in [3.63, 3.8) is 0 Å². The zero-order valence-electron chi connectivity index (χ0n) is 12.5. The molecule has 0 spiro atoms. The highest BCUT2D eigenvalue weighted by Gasteiger charge is 2.20. The van der Waals surface area contributed by atoms with E-state index in [1.165, 1.54) is 6.42 Å². The lowest BCUT2D eigenvalue weighted by Gasteiger charge is -2.34. The van der Waals surface area contributed by atoms with Crippen molar-refractivity contribution in [3.05, 3.63) is 24.0 Å². The molecule has 1 fully saturated rings. The second kappa shape index (κ2) is 7.95. The van der Waals surface area contributed by atoms with Crippen LogP contribution in [0.25, 0.3) is 0 Å². The van der Waals surface area contributed by atoms with Crippen LogP contribution in [0.3, 0.4) is 0 Å². The zero-order valence-corrected chi connectivity index (χ0v) is 12.5. The van der Waals surface area contributed by atoms with Crippen LogP contribution in [-0.2, 0) is 4.74 Å². The van der Waals surface area contributed by atoms with Crippen molar-refractivity contribution in [2.45, 2.75) is 12.8 Å². The monoisotopic (exact) mass is 292 g/mol. The summed E-state index contributed by atoms with van der Waals surface area (Å²) in [5.74, 6) is 0.132.